The van der Waals surface area contributed by atoms with Crippen molar-refractivity contribution in [3.63, 3.8) is 0 Å². The molecule has 0 heterocycles. The summed E-state index contributed by atoms with van der Waals surface area (Å²) in [5.74, 6) is -0.0898. The lowest BCUT2D eigenvalue weighted by molar-refractivity contribution is 0.0486. The summed E-state index contributed by atoms with van der Waals surface area (Å²) in [5.41, 5.74) is 1.35. The van der Waals surface area contributed by atoms with Crippen LogP contribution in [-0.4, -0.2) is 11.7 Å². The number of hydrogen-bond donors (Lipinski definition) is 1. The van der Waals surface area contributed by atoms with Crippen LogP contribution in [0.3, 0.4) is 0 Å². The van der Waals surface area contributed by atoms with E-state index in [0.717, 1.165) is 30.4 Å². The lowest BCUT2D eigenvalue weighted by atomic mass is 9.75. The average molecular weight is 351 g/mol. The molecule has 0 aliphatic heterocycles. The molecule has 1 amide bonds. The number of rotatable bonds is 3. The highest BCUT2D eigenvalue weighted by atomic mass is 16.6. The number of benzene rings is 1. The van der Waals surface area contributed by atoms with Crippen LogP contribution in [0.5, 0.6) is 0 Å². The normalized spacial score (nSPS) is 18.2. The fraction of sp³-hybridized carbons (Fsp3) is 0.476. The number of nitrogens with one attached hydrogen (secondary N) is 1. The van der Waals surface area contributed by atoms with Gasteiger partial charge in [0.15, 0.2) is 0 Å². The molecule has 2 rings (SSSR count). The van der Waals surface area contributed by atoms with Crippen LogP contribution in [0.25, 0.3) is 0 Å². The van der Waals surface area contributed by atoms with Gasteiger partial charge in [-0.2, -0.15) is 10.5 Å². The highest BCUT2D eigenvalue weighted by Gasteiger charge is 2.33. The highest BCUT2D eigenvalue weighted by molar-refractivity contribution is 5.68. The van der Waals surface area contributed by atoms with Crippen LogP contribution in [0, 0.1) is 28.6 Å². The molecule has 0 aromatic heterocycles. The zero-order chi connectivity index (χ0) is 19.2. The molecule has 5 heteroatoms. The second-order valence-corrected chi connectivity index (χ2v) is 7.51. The van der Waals surface area contributed by atoms with E-state index < -0.39 is 11.7 Å². The van der Waals surface area contributed by atoms with E-state index in [9.17, 15) is 15.3 Å². The maximum Gasteiger partial charge on any atom is 0.408 e. The summed E-state index contributed by atoms with van der Waals surface area (Å²) in [7, 11) is 0. The number of carbonyl (C=O) groups is 1. The molecule has 0 bridgehead atoms. The fourth-order valence-corrected chi connectivity index (χ4v) is 3.40. The lowest BCUT2D eigenvalue weighted by Crippen LogP contribution is -2.39. The van der Waals surface area contributed by atoms with Crippen molar-refractivity contribution in [2.24, 2.45) is 5.92 Å². The summed E-state index contributed by atoms with van der Waals surface area (Å²) < 4.78 is 5.43. The molecule has 1 aliphatic carbocycles. The predicted octanol–water partition coefficient (Wildman–Crippen LogP) is 4.79. The lowest BCUT2D eigenvalue weighted by Gasteiger charge is -2.34. The second kappa shape index (κ2) is 8.54. The number of carbonyl (C=O) groups excluding carboxylic acids is 1. The van der Waals surface area contributed by atoms with Crippen LogP contribution in [0.15, 0.2) is 41.5 Å². The second-order valence-electron chi connectivity index (χ2n) is 7.51. The van der Waals surface area contributed by atoms with E-state index in [1.807, 2.05) is 63.2 Å². The van der Waals surface area contributed by atoms with E-state index in [2.05, 4.69) is 5.32 Å². The standard InChI is InChI=1S/C21H25N3O2/c1-21(2,3)26-20(25)24-19(15-9-5-4-6-10-15)18-12-8-7-11-17(18)16(13-22)14-23/h4-6,9-10,18-19H,7-8,11-12H2,1-3H3,(H,24,25)/t18-,19-/m0/s1. The van der Waals surface area contributed by atoms with Crippen molar-refractivity contribution in [2.75, 3.05) is 0 Å². The summed E-state index contributed by atoms with van der Waals surface area (Å²) in [6.07, 6.45) is 2.98. The molecule has 2 atom stereocenters. The third kappa shape index (κ3) is 5.10. The van der Waals surface area contributed by atoms with Crippen LogP contribution in [0.2, 0.25) is 0 Å². The Balaban J connectivity index is 2.40. The smallest absolute Gasteiger partial charge is 0.408 e. The minimum absolute atomic E-state index is 0.0898. The van der Waals surface area contributed by atoms with Gasteiger partial charge in [0.25, 0.3) is 0 Å². The summed E-state index contributed by atoms with van der Waals surface area (Å²) in [6, 6.07) is 13.4. The van der Waals surface area contributed by atoms with Gasteiger partial charge in [-0.1, -0.05) is 36.8 Å². The monoisotopic (exact) mass is 351 g/mol. The minimum atomic E-state index is -0.596. The van der Waals surface area contributed by atoms with E-state index in [4.69, 9.17) is 4.74 Å². The predicted molar refractivity (Wildman–Crippen MR) is 98.8 cm³/mol. The van der Waals surface area contributed by atoms with E-state index in [0.29, 0.717) is 6.42 Å². The molecule has 1 N–H and O–H groups in total. The molecule has 26 heavy (non-hydrogen) atoms. The number of hydrogen-bond acceptors (Lipinski definition) is 4. The topological polar surface area (TPSA) is 85.9 Å². The van der Waals surface area contributed by atoms with Crippen LogP contribution in [0.4, 0.5) is 4.79 Å². The molecule has 5 nitrogen and oxygen atoms in total. The van der Waals surface area contributed by atoms with Gasteiger partial charge < -0.3 is 10.1 Å². The Bertz CT molecular complexity index is 732. The number of ether oxygens (including phenoxy) is 1. The number of amides is 1. The van der Waals surface area contributed by atoms with Crippen molar-refractivity contribution < 1.29 is 9.53 Å². The molecular weight excluding hydrogens is 326 g/mol. The number of nitriles is 2. The Morgan fingerprint density at radius 2 is 1.85 bits per heavy atom. The third-order valence-electron chi connectivity index (χ3n) is 4.44. The van der Waals surface area contributed by atoms with Crippen molar-refractivity contribution in [1.82, 2.24) is 5.32 Å². The minimum Gasteiger partial charge on any atom is -0.444 e. The molecular formula is C21H25N3O2. The number of allylic oxidation sites excluding steroid dienone is 1. The largest absolute Gasteiger partial charge is 0.444 e. The molecule has 1 aromatic carbocycles. The number of alkyl carbamates (subject to hydrolysis) is 1. The first-order chi connectivity index (χ1) is 12.4. The fourth-order valence-electron chi connectivity index (χ4n) is 3.40. The molecule has 1 aromatic rings. The first-order valence-electron chi connectivity index (χ1n) is 8.93. The summed E-state index contributed by atoms with van der Waals surface area (Å²) in [5, 5.41) is 21.7. The van der Waals surface area contributed by atoms with E-state index in [-0.39, 0.29) is 17.5 Å². The molecule has 1 aliphatic rings. The van der Waals surface area contributed by atoms with Gasteiger partial charge in [0, 0.05) is 5.92 Å². The van der Waals surface area contributed by atoms with Gasteiger partial charge in [-0.3, -0.25) is 0 Å². The molecule has 0 radical (unpaired) electrons. The van der Waals surface area contributed by atoms with Crippen LogP contribution < -0.4 is 5.32 Å². The van der Waals surface area contributed by atoms with Crippen molar-refractivity contribution in [3.05, 3.63) is 47.0 Å². The first-order valence-corrected chi connectivity index (χ1v) is 8.93. The first kappa shape index (κ1) is 19.5. The zero-order valence-electron chi connectivity index (χ0n) is 15.6. The summed E-state index contributed by atoms with van der Waals surface area (Å²) in [4.78, 5) is 12.4. The molecule has 136 valence electrons. The molecule has 0 unspecified atom stereocenters. The van der Waals surface area contributed by atoms with Crippen LogP contribution in [-0.2, 0) is 4.74 Å². The van der Waals surface area contributed by atoms with Crippen molar-refractivity contribution in [2.45, 2.75) is 58.1 Å². The van der Waals surface area contributed by atoms with Crippen molar-refractivity contribution in [3.8, 4) is 12.1 Å². The van der Waals surface area contributed by atoms with Crippen molar-refractivity contribution >= 4 is 6.09 Å². The molecule has 0 spiro atoms. The maximum atomic E-state index is 12.4. The number of nitrogens with zero attached hydrogens (tertiary/aromatic N) is 2. The summed E-state index contributed by atoms with van der Waals surface area (Å²) >= 11 is 0. The third-order valence-corrected chi connectivity index (χ3v) is 4.44. The summed E-state index contributed by atoms with van der Waals surface area (Å²) in [6.45, 7) is 5.46. The Morgan fingerprint density at radius 1 is 1.19 bits per heavy atom. The van der Waals surface area contributed by atoms with E-state index in [1.165, 1.54) is 0 Å². The molecule has 1 fully saturated rings. The van der Waals surface area contributed by atoms with Crippen molar-refractivity contribution in [1.29, 1.82) is 10.5 Å². The van der Waals surface area contributed by atoms with Gasteiger partial charge in [-0.25, -0.2) is 4.79 Å². The molecule has 0 saturated heterocycles. The Hall–Kier alpha value is -2.79. The van der Waals surface area contributed by atoms with Gasteiger partial charge >= 0.3 is 6.09 Å². The Labute approximate surface area is 155 Å². The van der Waals surface area contributed by atoms with Crippen LogP contribution in [0.1, 0.15) is 58.1 Å². The van der Waals surface area contributed by atoms with Gasteiger partial charge in [0.05, 0.1) is 6.04 Å². The van der Waals surface area contributed by atoms with Gasteiger partial charge in [0.2, 0.25) is 0 Å². The molecule has 1 saturated carbocycles. The van der Waals surface area contributed by atoms with Crippen LogP contribution >= 0.6 is 0 Å². The highest BCUT2D eigenvalue weighted by Crippen LogP contribution is 2.40. The van der Waals surface area contributed by atoms with E-state index in [1.54, 1.807) is 0 Å². The zero-order valence-corrected chi connectivity index (χ0v) is 15.6. The maximum absolute atomic E-state index is 12.4. The average Bonchev–Trinajstić information content (AvgIpc) is 2.61. The van der Waals surface area contributed by atoms with Gasteiger partial charge in [0.1, 0.15) is 23.3 Å². The van der Waals surface area contributed by atoms with E-state index >= 15 is 0 Å². The quantitative estimate of drug-likeness (QED) is 0.794. The van der Waals surface area contributed by atoms with Gasteiger partial charge in [-0.05, 0) is 51.2 Å². The van der Waals surface area contributed by atoms with Gasteiger partial charge in [-0.15, -0.1) is 0 Å². The Morgan fingerprint density at radius 3 is 2.42 bits per heavy atom. The Kier molecular flexibility index (Phi) is 6.41. The SMILES string of the molecule is CC(C)(C)OC(=O)N[C@@H](c1ccccc1)[C@H]1CCCCC1=C(C#N)C#N.